The molecule has 0 amide bonds. The lowest BCUT2D eigenvalue weighted by Gasteiger charge is -2.37. The van der Waals surface area contributed by atoms with Crippen molar-refractivity contribution in [2.24, 2.45) is 5.92 Å². The summed E-state index contributed by atoms with van der Waals surface area (Å²) in [5.41, 5.74) is 3.67. The maximum atomic E-state index is 11.3. The van der Waals surface area contributed by atoms with Gasteiger partial charge in [-0.15, -0.1) is 0 Å². The molecule has 0 radical (unpaired) electrons. The third-order valence-electron chi connectivity index (χ3n) is 5.08. The van der Waals surface area contributed by atoms with Crippen molar-refractivity contribution < 1.29 is 14.6 Å². The van der Waals surface area contributed by atoms with Crippen molar-refractivity contribution in [1.82, 2.24) is 0 Å². The van der Waals surface area contributed by atoms with Crippen LogP contribution in [0.2, 0.25) is 0 Å². The number of anilines is 1. The van der Waals surface area contributed by atoms with Crippen LogP contribution in [0.1, 0.15) is 39.9 Å². The van der Waals surface area contributed by atoms with E-state index in [4.69, 9.17) is 4.74 Å². The van der Waals surface area contributed by atoms with Crippen LogP contribution >= 0.6 is 0 Å². The second-order valence-corrected chi connectivity index (χ2v) is 6.36. The van der Waals surface area contributed by atoms with Gasteiger partial charge in [0.05, 0.1) is 18.7 Å². The average molecular weight is 321 g/mol. The van der Waals surface area contributed by atoms with Gasteiger partial charge >= 0.3 is 5.97 Å². The molecule has 3 atom stereocenters. The number of carboxylic acid groups (broad SMARTS) is 1. The largest absolute Gasteiger partial charge is 0.497 e. The number of carbonyl (C=O) groups is 1. The van der Waals surface area contributed by atoms with E-state index < -0.39 is 5.97 Å². The summed E-state index contributed by atoms with van der Waals surface area (Å²) in [4.78, 5) is 11.3. The van der Waals surface area contributed by atoms with Gasteiger partial charge in [0, 0.05) is 11.6 Å². The van der Waals surface area contributed by atoms with Crippen LogP contribution < -0.4 is 10.1 Å². The van der Waals surface area contributed by atoms with Gasteiger partial charge in [-0.1, -0.05) is 24.3 Å². The number of carboxylic acids is 1. The number of hydrogen-bond acceptors (Lipinski definition) is 3. The van der Waals surface area contributed by atoms with Crippen molar-refractivity contribution in [3.63, 3.8) is 0 Å². The van der Waals surface area contributed by atoms with Crippen molar-refractivity contribution in [2.45, 2.75) is 18.4 Å². The summed E-state index contributed by atoms with van der Waals surface area (Å²) in [6.45, 7) is 0. The minimum Gasteiger partial charge on any atom is -0.497 e. The Morgan fingerprint density at radius 2 is 2.00 bits per heavy atom. The summed E-state index contributed by atoms with van der Waals surface area (Å²) in [7, 11) is 1.67. The third-order valence-corrected chi connectivity index (χ3v) is 5.08. The van der Waals surface area contributed by atoms with Crippen molar-refractivity contribution in [2.75, 3.05) is 12.4 Å². The number of fused-ring (bicyclic) bond motifs is 3. The first-order valence-corrected chi connectivity index (χ1v) is 8.12. The number of hydrogen-bond donors (Lipinski definition) is 2. The number of benzene rings is 2. The molecule has 2 aromatic rings. The minimum atomic E-state index is -0.881. The zero-order valence-electron chi connectivity index (χ0n) is 13.4. The molecule has 4 rings (SSSR count). The molecule has 0 saturated heterocycles. The van der Waals surface area contributed by atoms with Gasteiger partial charge in [-0.25, -0.2) is 4.79 Å². The lowest BCUT2D eigenvalue weighted by molar-refractivity contribution is 0.0696. The van der Waals surface area contributed by atoms with E-state index in [-0.39, 0.29) is 12.0 Å². The number of nitrogens with one attached hydrogen (secondary N) is 1. The maximum absolute atomic E-state index is 11.3. The van der Waals surface area contributed by atoms with Crippen LogP contribution in [0.5, 0.6) is 5.75 Å². The van der Waals surface area contributed by atoms with Crippen LogP contribution in [0.3, 0.4) is 0 Å². The molecule has 0 unspecified atom stereocenters. The Labute approximate surface area is 140 Å². The van der Waals surface area contributed by atoms with Crippen LogP contribution in [0.25, 0.3) is 0 Å². The van der Waals surface area contributed by atoms with Crippen molar-refractivity contribution >= 4 is 11.7 Å². The molecule has 24 heavy (non-hydrogen) atoms. The summed E-state index contributed by atoms with van der Waals surface area (Å²) in [5.74, 6) is 0.623. The highest BCUT2D eigenvalue weighted by molar-refractivity contribution is 5.89. The quantitative estimate of drug-likeness (QED) is 0.831. The summed E-state index contributed by atoms with van der Waals surface area (Å²) in [6.07, 6.45) is 5.41. The highest BCUT2D eigenvalue weighted by Gasteiger charge is 2.38. The van der Waals surface area contributed by atoms with E-state index in [2.05, 4.69) is 29.6 Å². The van der Waals surface area contributed by atoms with Crippen molar-refractivity contribution in [3.05, 3.63) is 71.3 Å². The first-order chi connectivity index (χ1) is 11.7. The van der Waals surface area contributed by atoms with Crippen LogP contribution in [-0.2, 0) is 0 Å². The summed E-state index contributed by atoms with van der Waals surface area (Å²) in [5, 5.41) is 12.9. The highest BCUT2D eigenvalue weighted by atomic mass is 16.5. The van der Waals surface area contributed by atoms with E-state index in [9.17, 15) is 9.90 Å². The first-order valence-electron chi connectivity index (χ1n) is 8.12. The molecule has 0 spiro atoms. The van der Waals surface area contributed by atoms with Crippen LogP contribution in [-0.4, -0.2) is 18.2 Å². The average Bonchev–Trinajstić information content (AvgIpc) is 3.10. The molecular weight excluding hydrogens is 302 g/mol. The Bertz CT molecular complexity index is 810. The molecule has 2 aliphatic rings. The predicted molar refractivity (Wildman–Crippen MR) is 92.7 cm³/mol. The van der Waals surface area contributed by atoms with Crippen LogP contribution in [0.15, 0.2) is 54.6 Å². The fourth-order valence-electron chi connectivity index (χ4n) is 3.87. The lowest BCUT2D eigenvalue weighted by atomic mass is 9.76. The maximum Gasteiger partial charge on any atom is 0.335 e. The molecular formula is C20H19NO3. The minimum absolute atomic E-state index is 0.207. The van der Waals surface area contributed by atoms with E-state index in [1.54, 1.807) is 13.2 Å². The number of aromatic carboxylic acids is 1. The summed E-state index contributed by atoms with van der Waals surface area (Å²) in [6, 6.07) is 13.7. The van der Waals surface area contributed by atoms with E-state index in [1.165, 1.54) is 5.56 Å². The Balaban J connectivity index is 1.73. The summed E-state index contributed by atoms with van der Waals surface area (Å²) >= 11 is 0. The zero-order valence-corrected chi connectivity index (χ0v) is 13.4. The standard InChI is InChI=1S/C20H19NO3/c1-24-14-8-5-12(6-9-14)19-16-4-2-3-15(16)17-11-13(20(22)23)7-10-18(17)21-19/h2-3,5-11,15-16,19,21H,4H2,1H3,(H,22,23)/t15-,16+,19-/m1/s1. The third kappa shape index (κ3) is 2.35. The molecule has 2 aromatic carbocycles. The molecule has 1 aliphatic heterocycles. The molecule has 0 bridgehead atoms. The second-order valence-electron chi connectivity index (χ2n) is 6.36. The SMILES string of the molecule is COc1ccc([C@H]2Nc3ccc(C(=O)O)cc3[C@@H]3C=CC[C@H]23)cc1. The molecule has 4 nitrogen and oxygen atoms in total. The topological polar surface area (TPSA) is 58.6 Å². The number of methoxy groups -OCH3 is 1. The van der Waals surface area contributed by atoms with E-state index in [0.29, 0.717) is 11.5 Å². The van der Waals surface area contributed by atoms with Crippen LogP contribution in [0, 0.1) is 5.92 Å². The highest BCUT2D eigenvalue weighted by Crippen LogP contribution is 2.50. The second kappa shape index (κ2) is 5.71. The van der Waals surface area contributed by atoms with E-state index in [1.807, 2.05) is 24.3 Å². The molecule has 122 valence electrons. The number of rotatable bonds is 3. The van der Waals surface area contributed by atoms with E-state index >= 15 is 0 Å². The molecule has 1 heterocycles. The zero-order chi connectivity index (χ0) is 16.7. The smallest absolute Gasteiger partial charge is 0.335 e. The van der Waals surface area contributed by atoms with Gasteiger partial charge in [-0.3, -0.25) is 0 Å². The number of ether oxygens (including phenoxy) is 1. The molecule has 2 N–H and O–H groups in total. The van der Waals surface area contributed by atoms with Gasteiger partial charge in [-0.2, -0.15) is 0 Å². The Hall–Kier alpha value is -2.75. The Morgan fingerprint density at radius 1 is 1.21 bits per heavy atom. The van der Waals surface area contributed by atoms with E-state index in [0.717, 1.165) is 23.4 Å². The van der Waals surface area contributed by atoms with Crippen LogP contribution in [0.4, 0.5) is 5.69 Å². The van der Waals surface area contributed by atoms with Gasteiger partial charge in [0.15, 0.2) is 0 Å². The van der Waals surface area contributed by atoms with Crippen molar-refractivity contribution in [1.29, 1.82) is 0 Å². The predicted octanol–water partition coefficient (Wildman–Crippen LogP) is 4.22. The normalized spacial score (nSPS) is 24.0. The molecule has 0 aromatic heterocycles. The first kappa shape index (κ1) is 14.8. The van der Waals surface area contributed by atoms with Gasteiger partial charge in [0.1, 0.15) is 5.75 Å². The van der Waals surface area contributed by atoms with Gasteiger partial charge in [0.25, 0.3) is 0 Å². The van der Waals surface area contributed by atoms with Gasteiger partial charge < -0.3 is 15.2 Å². The van der Waals surface area contributed by atoms with Gasteiger partial charge in [-0.05, 0) is 53.8 Å². The molecule has 0 fully saturated rings. The van der Waals surface area contributed by atoms with Gasteiger partial charge in [0.2, 0.25) is 0 Å². The number of allylic oxidation sites excluding steroid dienone is 2. The Morgan fingerprint density at radius 3 is 2.71 bits per heavy atom. The molecule has 1 aliphatic carbocycles. The lowest BCUT2D eigenvalue weighted by Crippen LogP contribution is -2.29. The monoisotopic (exact) mass is 321 g/mol. The fraction of sp³-hybridized carbons (Fsp3) is 0.250. The Kier molecular flexibility index (Phi) is 3.53. The fourth-order valence-corrected chi connectivity index (χ4v) is 3.87. The van der Waals surface area contributed by atoms with Crippen molar-refractivity contribution in [3.8, 4) is 5.75 Å². The molecule has 4 heteroatoms. The molecule has 0 saturated carbocycles. The summed E-state index contributed by atoms with van der Waals surface area (Å²) < 4.78 is 5.25.